The van der Waals surface area contributed by atoms with Crippen molar-refractivity contribution in [1.82, 2.24) is 0 Å². The van der Waals surface area contributed by atoms with Crippen molar-refractivity contribution >= 4 is 17.2 Å². The van der Waals surface area contributed by atoms with Crippen LogP contribution in [0, 0.1) is 0 Å². The molecule has 0 saturated heterocycles. The van der Waals surface area contributed by atoms with Gasteiger partial charge >= 0.3 is 0 Å². The van der Waals surface area contributed by atoms with Gasteiger partial charge in [-0.1, -0.05) is 6.08 Å². The van der Waals surface area contributed by atoms with E-state index in [9.17, 15) is 4.79 Å². The van der Waals surface area contributed by atoms with Gasteiger partial charge in [-0.25, -0.2) is 0 Å². The molecule has 1 heterocycles. The first-order valence-corrected chi connectivity index (χ1v) is 5.25. The first kappa shape index (κ1) is 10.7. The van der Waals surface area contributed by atoms with Crippen LogP contribution in [-0.2, 0) is 4.79 Å². The highest BCUT2D eigenvalue weighted by molar-refractivity contribution is 5.99. The van der Waals surface area contributed by atoms with Gasteiger partial charge in [-0.3, -0.25) is 4.79 Å². The summed E-state index contributed by atoms with van der Waals surface area (Å²) in [6.45, 7) is 2.03. The summed E-state index contributed by atoms with van der Waals surface area (Å²) in [5.41, 5.74) is 3.14. The molecule has 0 N–H and O–H groups in total. The molecule has 0 unspecified atom stereocenters. The molecule has 1 aromatic rings. The highest BCUT2D eigenvalue weighted by Gasteiger charge is 2.18. The SMILES string of the molecule is COc1ccc2c(c1)N(C)C(=O)CC=C2C. The second kappa shape index (κ2) is 4.00. The number of benzene rings is 1. The molecule has 2 rings (SSSR count). The zero-order valence-corrected chi connectivity index (χ0v) is 9.78. The van der Waals surface area contributed by atoms with E-state index >= 15 is 0 Å². The van der Waals surface area contributed by atoms with E-state index in [0.29, 0.717) is 6.42 Å². The Kier molecular flexibility index (Phi) is 2.69. The molecule has 0 spiro atoms. The summed E-state index contributed by atoms with van der Waals surface area (Å²) in [4.78, 5) is 13.4. The zero-order valence-electron chi connectivity index (χ0n) is 9.78. The van der Waals surface area contributed by atoms with E-state index in [1.807, 2.05) is 31.2 Å². The van der Waals surface area contributed by atoms with Crippen molar-refractivity contribution in [2.24, 2.45) is 0 Å². The second-order valence-corrected chi connectivity index (χ2v) is 3.93. The molecule has 1 aliphatic rings. The Hall–Kier alpha value is -1.77. The van der Waals surface area contributed by atoms with Crippen LogP contribution >= 0.6 is 0 Å². The van der Waals surface area contributed by atoms with E-state index in [1.165, 1.54) is 0 Å². The number of rotatable bonds is 1. The number of nitrogens with zero attached hydrogens (tertiary/aromatic N) is 1. The lowest BCUT2D eigenvalue weighted by atomic mass is 10.0. The molecular weight excluding hydrogens is 202 g/mol. The quantitative estimate of drug-likeness (QED) is 0.723. The van der Waals surface area contributed by atoms with Crippen LogP contribution in [0.25, 0.3) is 5.57 Å². The minimum atomic E-state index is 0.103. The summed E-state index contributed by atoms with van der Waals surface area (Å²) < 4.78 is 5.18. The Labute approximate surface area is 95.3 Å². The highest BCUT2D eigenvalue weighted by Crippen LogP contribution is 2.33. The molecule has 1 aromatic carbocycles. The Morgan fingerprint density at radius 1 is 1.38 bits per heavy atom. The van der Waals surface area contributed by atoms with Crippen LogP contribution in [0.5, 0.6) is 5.75 Å². The Balaban J connectivity index is 2.59. The number of anilines is 1. The number of ether oxygens (including phenoxy) is 1. The topological polar surface area (TPSA) is 29.5 Å². The van der Waals surface area contributed by atoms with Crippen molar-refractivity contribution in [3.05, 3.63) is 29.8 Å². The standard InChI is InChI=1S/C13H15NO2/c1-9-4-7-13(15)14(2)12-8-10(16-3)5-6-11(9)12/h4-6,8H,7H2,1-3H3. The Morgan fingerprint density at radius 3 is 2.81 bits per heavy atom. The molecule has 0 bridgehead atoms. The third-order valence-corrected chi connectivity index (χ3v) is 2.95. The average molecular weight is 217 g/mol. The third kappa shape index (κ3) is 1.69. The predicted octanol–water partition coefficient (Wildman–Crippen LogP) is 2.47. The average Bonchev–Trinajstić information content (AvgIpc) is 2.42. The molecule has 0 fully saturated rings. The molecule has 16 heavy (non-hydrogen) atoms. The van der Waals surface area contributed by atoms with E-state index in [-0.39, 0.29) is 5.91 Å². The smallest absolute Gasteiger partial charge is 0.230 e. The van der Waals surface area contributed by atoms with Gasteiger partial charge < -0.3 is 9.64 Å². The monoisotopic (exact) mass is 217 g/mol. The summed E-state index contributed by atoms with van der Waals surface area (Å²) in [5.74, 6) is 0.874. The van der Waals surface area contributed by atoms with E-state index in [1.54, 1.807) is 19.1 Å². The van der Waals surface area contributed by atoms with E-state index in [2.05, 4.69) is 0 Å². The van der Waals surface area contributed by atoms with Gasteiger partial charge in [0.1, 0.15) is 5.75 Å². The predicted molar refractivity (Wildman–Crippen MR) is 64.7 cm³/mol. The van der Waals surface area contributed by atoms with Crippen LogP contribution in [-0.4, -0.2) is 20.1 Å². The van der Waals surface area contributed by atoms with Crippen molar-refractivity contribution in [3.8, 4) is 5.75 Å². The van der Waals surface area contributed by atoms with Gasteiger partial charge in [0.05, 0.1) is 12.8 Å². The lowest BCUT2D eigenvalue weighted by Crippen LogP contribution is -2.25. The highest BCUT2D eigenvalue weighted by atomic mass is 16.5. The minimum Gasteiger partial charge on any atom is -0.497 e. The van der Waals surface area contributed by atoms with Gasteiger partial charge in [0, 0.05) is 25.1 Å². The van der Waals surface area contributed by atoms with Crippen LogP contribution < -0.4 is 9.64 Å². The number of carbonyl (C=O) groups is 1. The fourth-order valence-corrected chi connectivity index (χ4v) is 1.87. The van der Waals surface area contributed by atoms with Crippen LogP contribution in [0.1, 0.15) is 18.9 Å². The molecule has 84 valence electrons. The van der Waals surface area contributed by atoms with Crippen molar-refractivity contribution in [2.75, 3.05) is 19.1 Å². The number of hydrogen-bond donors (Lipinski definition) is 0. The molecular formula is C13H15NO2. The summed E-state index contributed by atoms with van der Waals surface area (Å²) >= 11 is 0. The van der Waals surface area contributed by atoms with Crippen LogP contribution in [0.4, 0.5) is 5.69 Å². The summed E-state index contributed by atoms with van der Waals surface area (Å²) in [5, 5.41) is 0. The lowest BCUT2D eigenvalue weighted by Gasteiger charge is -2.18. The summed E-state index contributed by atoms with van der Waals surface area (Å²) in [6, 6.07) is 5.81. The molecule has 3 nitrogen and oxygen atoms in total. The van der Waals surface area contributed by atoms with Gasteiger partial charge in [-0.05, 0) is 24.6 Å². The first-order valence-electron chi connectivity index (χ1n) is 5.25. The van der Waals surface area contributed by atoms with E-state index in [4.69, 9.17) is 4.74 Å². The number of fused-ring (bicyclic) bond motifs is 1. The molecule has 1 aliphatic heterocycles. The molecule has 0 aliphatic carbocycles. The van der Waals surface area contributed by atoms with Gasteiger partial charge in [-0.2, -0.15) is 0 Å². The van der Waals surface area contributed by atoms with Gasteiger partial charge in [-0.15, -0.1) is 0 Å². The normalized spacial score (nSPS) is 15.3. The Morgan fingerprint density at radius 2 is 2.12 bits per heavy atom. The number of amides is 1. The Bertz CT molecular complexity index is 463. The summed E-state index contributed by atoms with van der Waals surface area (Å²) in [6.07, 6.45) is 2.43. The fraction of sp³-hybridized carbons (Fsp3) is 0.308. The first-order chi connectivity index (χ1) is 7.63. The zero-order chi connectivity index (χ0) is 11.7. The number of hydrogen-bond acceptors (Lipinski definition) is 2. The number of allylic oxidation sites excluding steroid dienone is 1. The van der Waals surface area contributed by atoms with Crippen LogP contribution in [0.15, 0.2) is 24.3 Å². The molecule has 1 amide bonds. The van der Waals surface area contributed by atoms with Crippen LogP contribution in [0.3, 0.4) is 0 Å². The van der Waals surface area contributed by atoms with Gasteiger partial charge in [0.25, 0.3) is 0 Å². The maximum absolute atomic E-state index is 11.8. The molecule has 0 aromatic heterocycles. The molecule has 0 atom stereocenters. The van der Waals surface area contributed by atoms with Crippen molar-refractivity contribution < 1.29 is 9.53 Å². The number of carbonyl (C=O) groups excluding carboxylic acids is 1. The molecule has 0 saturated carbocycles. The number of methoxy groups -OCH3 is 1. The van der Waals surface area contributed by atoms with Crippen molar-refractivity contribution in [3.63, 3.8) is 0 Å². The largest absolute Gasteiger partial charge is 0.497 e. The van der Waals surface area contributed by atoms with Crippen molar-refractivity contribution in [1.29, 1.82) is 0 Å². The van der Waals surface area contributed by atoms with Gasteiger partial charge in [0.15, 0.2) is 0 Å². The lowest BCUT2D eigenvalue weighted by molar-refractivity contribution is -0.117. The molecule has 3 heteroatoms. The third-order valence-electron chi connectivity index (χ3n) is 2.95. The van der Waals surface area contributed by atoms with E-state index < -0.39 is 0 Å². The minimum absolute atomic E-state index is 0.103. The molecule has 0 radical (unpaired) electrons. The maximum atomic E-state index is 11.8. The fourth-order valence-electron chi connectivity index (χ4n) is 1.87. The second-order valence-electron chi connectivity index (χ2n) is 3.93. The van der Waals surface area contributed by atoms with Crippen LogP contribution in [0.2, 0.25) is 0 Å². The van der Waals surface area contributed by atoms with Crippen molar-refractivity contribution in [2.45, 2.75) is 13.3 Å². The maximum Gasteiger partial charge on any atom is 0.230 e. The van der Waals surface area contributed by atoms with E-state index in [0.717, 1.165) is 22.6 Å². The van der Waals surface area contributed by atoms with Gasteiger partial charge in [0.2, 0.25) is 5.91 Å². The summed E-state index contributed by atoms with van der Waals surface area (Å²) in [7, 11) is 3.43.